The molecular formula is C11H9OP. The van der Waals surface area contributed by atoms with Crippen LogP contribution in [0.4, 0.5) is 0 Å². The van der Waals surface area contributed by atoms with Crippen LogP contribution in [0.2, 0.25) is 0 Å². The van der Waals surface area contributed by atoms with Gasteiger partial charge in [-0.15, -0.1) is 0 Å². The molecule has 2 rings (SSSR count). The molecule has 0 atom stereocenters. The van der Waals surface area contributed by atoms with Crippen LogP contribution in [-0.2, 0) is 0 Å². The highest BCUT2D eigenvalue weighted by atomic mass is 31.0. The van der Waals surface area contributed by atoms with Crippen molar-refractivity contribution in [3.05, 3.63) is 48.3 Å². The summed E-state index contributed by atoms with van der Waals surface area (Å²) in [6.45, 7) is 0. The van der Waals surface area contributed by atoms with Crippen molar-refractivity contribution >= 4 is 8.19 Å². The van der Waals surface area contributed by atoms with E-state index in [0.29, 0.717) is 5.75 Å². The van der Waals surface area contributed by atoms with Gasteiger partial charge in [-0.25, -0.2) is 0 Å². The molecule has 1 aromatic heterocycles. The molecule has 1 heterocycles. The topological polar surface area (TPSA) is 20.2 Å². The highest BCUT2D eigenvalue weighted by Crippen LogP contribution is 2.29. The first-order valence-corrected chi connectivity index (χ1v) is 5.03. The second-order valence-electron chi connectivity index (χ2n) is 2.77. The zero-order valence-electron chi connectivity index (χ0n) is 7.01. The number of hydrogen-bond acceptors (Lipinski definition) is 1. The molecule has 0 unspecified atom stereocenters. The molecule has 1 aromatic carbocycles. The fourth-order valence-corrected chi connectivity index (χ4v) is 1.98. The normalized spacial score (nSPS) is 10.5. The maximum absolute atomic E-state index is 9.13. The SMILES string of the molecule is Oc1ccc(-c2ccccc2)pc1. The Morgan fingerprint density at radius 3 is 2.31 bits per heavy atom. The van der Waals surface area contributed by atoms with Gasteiger partial charge >= 0.3 is 0 Å². The van der Waals surface area contributed by atoms with E-state index in [4.69, 9.17) is 5.11 Å². The van der Waals surface area contributed by atoms with Gasteiger partial charge in [-0.2, -0.15) is 0 Å². The molecule has 13 heavy (non-hydrogen) atoms. The maximum Gasteiger partial charge on any atom is 0.120 e. The molecule has 64 valence electrons. The summed E-state index contributed by atoms with van der Waals surface area (Å²) in [6, 6.07) is 13.9. The Bertz CT molecular complexity index is 381. The van der Waals surface area contributed by atoms with E-state index >= 15 is 0 Å². The number of hydrogen-bond donors (Lipinski definition) is 1. The minimum atomic E-state index is 0.348. The molecule has 1 nitrogen and oxygen atoms in total. The molecule has 1 N–H and O–H groups in total. The predicted molar refractivity (Wildman–Crippen MR) is 56.1 cm³/mol. The summed E-state index contributed by atoms with van der Waals surface area (Å²) in [7, 11) is 1.06. The minimum absolute atomic E-state index is 0.348. The Hall–Kier alpha value is -1.33. The first kappa shape index (κ1) is 8.28. The third kappa shape index (κ3) is 1.88. The van der Waals surface area contributed by atoms with Crippen molar-refractivity contribution in [1.29, 1.82) is 0 Å². The van der Waals surface area contributed by atoms with E-state index < -0.39 is 0 Å². The molecule has 0 aliphatic rings. The van der Waals surface area contributed by atoms with Gasteiger partial charge in [0.15, 0.2) is 0 Å². The molecule has 0 spiro atoms. The zero-order valence-corrected chi connectivity index (χ0v) is 7.91. The summed E-state index contributed by atoms with van der Waals surface area (Å²) in [6.07, 6.45) is 0. The quantitative estimate of drug-likeness (QED) is 0.724. The van der Waals surface area contributed by atoms with E-state index in [-0.39, 0.29) is 0 Å². The van der Waals surface area contributed by atoms with E-state index in [1.165, 1.54) is 10.9 Å². The molecule has 0 amide bonds. The summed E-state index contributed by atoms with van der Waals surface area (Å²) < 4.78 is 0. The summed E-state index contributed by atoms with van der Waals surface area (Å²) in [5.41, 5.74) is 1.21. The summed E-state index contributed by atoms with van der Waals surface area (Å²) in [5, 5.41) is 10.3. The van der Waals surface area contributed by atoms with Crippen LogP contribution in [0.25, 0.3) is 10.9 Å². The van der Waals surface area contributed by atoms with Crippen LogP contribution in [0.3, 0.4) is 0 Å². The number of rotatable bonds is 1. The highest BCUT2D eigenvalue weighted by molar-refractivity contribution is 7.33. The predicted octanol–water partition coefficient (Wildman–Crippen LogP) is 3.64. The largest absolute Gasteiger partial charge is 0.508 e. The average molecular weight is 188 g/mol. The Morgan fingerprint density at radius 1 is 0.923 bits per heavy atom. The van der Waals surface area contributed by atoms with E-state index in [9.17, 15) is 0 Å². The Kier molecular flexibility index (Phi) is 2.29. The molecule has 2 aromatic rings. The van der Waals surface area contributed by atoms with Crippen molar-refractivity contribution < 1.29 is 5.11 Å². The van der Waals surface area contributed by atoms with E-state index in [0.717, 1.165) is 8.19 Å². The minimum Gasteiger partial charge on any atom is -0.508 e. The van der Waals surface area contributed by atoms with Gasteiger partial charge in [0.25, 0.3) is 0 Å². The smallest absolute Gasteiger partial charge is 0.120 e. The summed E-state index contributed by atoms with van der Waals surface area (Å²) in [4.78, 5) is 0. The maximum atomic E-state index is 9.13. The molecule has 0 saturated heterocycles. The van der Waals surface area contributed by atoms with Gasteiger partial charge in [0, 0.05) is 11.1 Å². The molecule has 2 heteroatoms. The third-order valence-electron chi connectivity index (χ3n) is 1.82. The fraction of sp³-hybridized carbons (Fsp3) is 0. The van der Waals surface area contributed by atoms with E-state index in [1.54, 1.807) is 11.9 Å². The van der Waals surface area contributed by atoms with Crippen LogP contribution in [0.1, 0.15) is 0 Å². The van der Waals surface area contributed by atoms with E-state index in [1.807, 2.05) is 24.3 Å². The van der Waals surface area contributed by atoms with Gasteiger partial charge in [0.2, 0.25) is 0 Å². The van der Waals surface area contributed by atoms with Crippen LogP contribution < -0.4 is 0 Å². The molecule has 0 aliphatic heterocycles. The van der Waals surface area contributed by atoms with Gasteiger partial charge in [0.05, 0.1) is 0 Å². The summed E-state index contributed by atoms with van der Waals surface area (Å²) in [5.74, 6) is 2.14. The number of benzene rings is 1. The van der Waals surface area contributed by atoms with Crippen LogP contribution in [-0.4, -0.2) is 5.11 Å². The monoisotopic (exact) mass is 188 g/mol. The van der Waals surface area contributed by atoms with Gasteiger partial charge in [-0.1, -0.05) is 38.5 Å². The lowest BCUT2D eigenvalue weighted by molar-refractivity contribution is 0.477. The molecule has 0 fully saturated rings. The molecule has 0 saturated carbocycles. The van der Waals surface area contributed by atoms with Crippen molar-refractivity contribution in [3.8, 4) is 16.6 Å². The standard InChI is InChI=1S/C11H9OP/c12-10-6-7-11(13-8-10)9-4-2-1-3-5-9/h1-8,12H. The summed E-state index contributed by atoms with van der Waals surface area (Å²) >= 11 is 0. The molecule has 0 bridgehead atoms. The second kappa shape index (κ2) is 3.59. The van der Waals surface area contributed by atoms with Crippen molar-refractivity contribution in [2.45, 2.75) is 0 Å². The highest BCUT2D eigenvalue weighted by Gasteiger charge is 1.95. The lowest BCUT2D eigenvalue weighted by atomic mass is 10.2. The first-order valence-electron chi connectivity index (χ1n) is 4.07. The first-order chi connectivity index (χ1) is 6.36. The van der Waals surface area contributed by atoms with Crippen molar-refractivity contribution in [1.82, 2.24) is 0 Å². The zero-order chi connectivity index (χ0) is 9.10. The van der Waals surface area contributed by atoms with Crippen LogP contribution >= 0.6 is 8.19 Å². The third-order valence-corrected chi connectivity index (χ3v) is 2.90. The Morgan fingerprint density at radius 2 is 1.69 bits per heavy atom. The van der Waals surface area contributed by atoms with Crippen molar-refractivity contribution in [2.24, 2.45) is 0 Å². The average Bonchev–Trinajstić information content (AvgIpc) is 2.20. The van der Waals surface area contributed by atoms with Crippen molar-refractivity contribution in [2.75, 3.05) is 0 Å². The van der Waals surface area contributed by atoms with Gasteiger partial charge in [0.1, 0.15) is 5.75 Å². The fourth-order valence-electron chi connectivity index (χ4n) is 1.17. The Labute approximate surface area is 78.8 Å². The lowest BCUT2D eigenvalue weighted by Gasteiger charge is -1.99. The van der Waals surface area contributed by atoms with Crippen LogP contribution in [0.15, 0.2) is 48.3 Å². The number of aromatic hydroxyl groups is 1. The van der Waals surface area contributed by atoms with Gasteiger partial charge in [-0.05, 0) is 17.7 Å². The van der Waals surface area contributed by atoms with Crippen molar-refractivity contribution in [3.63, 3.8) is 0 Å². The molecular weight excluding hydrogens is 179 g/mol. The van der Waals surface area contributed by atoms with E-state index in [2.05, 4.69) is 12.1 Å². The second-order valence-corrected chi connectivity index (χ2v) is 3.77. The van der Waals surface area contributed by atoms with Gasteiger partial charge in [-0.3, -0.25) is 0 Å². The molecule has 0 radical (unpaired) electrons. The van der Waals surface area contributed by atoms with Gasteiger partial charge < -0.3 is 5.11 Å². The Balaban J connectivity index is 2.42. The van der Waals surface area contributed by atoms with Crippen LogP contribution in [0, 0.1) is 0 Å². The van der Waals surface area contributed by atoms with Crippen LogP contribution in [0.5, 0.6) is 5.75 Å². The molecule has 0 aliphatic carbocycles. The lowest BCUT2D eigenvalue weighted by Crippen LogP contribution is -1.70.